The van der Waals surface area contributed by atoms with Crippen molar-refractivity contribution in [3.8, 4) is 0 Å². The van der Waals surface area contributed by atoms with Crippen LogP contribution in [0.4, 0.5) is 0 Å². The Bertz CT molecular complexity index is 452. The van der Waals surface area contributed by atoms with Gasteiger partial charge in [0.15, 0.2) is 6.54 Å². The summed E-state index contributed by atoms with van der Waals surface area (Å²) >= 11 is 3.92. The Morgan fingerprint density at radius 1 is 1.21 bits per heavy atom. The molecule has 4 heteroatoms. The maximum absolute atomic E-state index is 2.45. The highest BCUT2D eigenvalue weighted by Crippen LogP contribution is 2.30. The molecule has 1 aliphatic heterocycles. The standard InChI is InChI=1S/C10H10NS2.HI/c1-2-5-9-8(4-1)11-6-3-7-12-10(11)13-9;/h1-2,4-5H,3,6-7H2;1H/q+1;. The van der Waals surface area contributed by atoms with E-state index < -0.39 is 0 Å². The van der Waals surface area contributed by atoms with E-state index in [1.807, 2.05) is 23.1 Å². The fraction of sp³-hybridized carbons (Fsp3) is 0.300. The predicted octanol–water partition coefficient (Wildman–Crippen LogP) is 3.30. The maximum Gasteiger partial charge on any atom is 0.298 e. The summed E-state index contributed by atoms with van der Waals surface area (Å²) in [6, 6.07) is 8.68. The van der Waals surface area contributed by atoms with Crippen molar-refractivity contribution in [3.63, 3.8) is 0 Å². The molecule has 0 amide bonds. The molecule has 1 aromatic heterocycles. The molecule has 0 atom stereocenters. The number of benzene rings is 1. The summed E-state index contributed by atoms with van der Waals surface area (Å²) in [6.07, 6.45) is 1.31. The van der Waals surface area contributed by atoms with Gasteiger partial charge in [0.05, 0.1) is 0 Å². The molecule has 2 heterocycles. The third kappa shape index (κ3) is 1.67. The van der Waals surface area contributed by atoms with Gasteiger partial charge in [0.2, 0.25) is 5.52 Å². The summed E-state index contributed by atoms with van der Waals surface area (Å²) in [5.74, 6) is 1.28. The van der Waals surface area contributed by atoms with E-state index in [0.29, 0.717) is 0 Å². The van der Waals surface area contributed by atoms with Gasteiger partial charge in [-0.3, -0.25) is 0 Å². The fourth-order valence-corrected chi connectivity index (χ4v) is 4.18. The minimum absolute atomic E-state index is 0. The van der Waals surface area contributed by atoms with Crippen molar-refractivity contribution in [2.24, 2.45) is 0 Å². The maximum atomic E-state index is 2.45. The Morgan fingerprint density at radius 2 is 2.07 bits per heavy atom. The number of para-hydroxylation sites is 1. The monoisotopic (exact) mass is 336 g/mol. The van der Waals surface area contributed by atoms with Crippen molar-refractivity contribution in [2.75, 3.05) is 5.75 Å². The lowest BCUT2D eigenvalue weighted by molar-refractivity contribution is -0.703. The molecule has 0 bridgehead atoms. The third-order valence-electron chi connectivity index (χ3n) is 2.33. The number of fused-ring (bicyclic) bond motifs is 3. The second-order valence-electron chi connectivity index (χ2n) is 3.19. The molecule has 1 aromatic carbocycles. The van der Waals surface area contributed by atoms with Crippen LogP contribution in [0.25, 0.3) is 10.2 Å². The molecule has 2 aromatic rings. The lowest BCUT2D eigenvalue weighted by Crippen LogP contribution is -2.37. The molecule has 14 heavy (non-hydrogen) atoms. The van der Waals surface area contributed by atoms with E-state index in [9.17, 15) is 0 Å². The summed E-state index contributed by atoms with van der Waals surface area (Å²) in [4.78, 5) is 0. The zero-order chi connectivity index (χ0) is 8.67. The van der Waals surface area contributed by atoms with E-state index in [4.69, 9.17) is 0 Å². The van der Waals surface area contributed by atoms with E-state index >= 15 is 0 Å². The second-order valence-corrected chi connectivity index (χ2v) is 5.56. The molecule has 0 unspecified atom stereocenters. The average Bonchev–Trinajstić information content (AvgIpc) is 2.56. The minimum atomic E-state index is 0. The van der Waals surface area contributed by atoms with Crippen molar-refractivity contribution >= 4 is 57.3 Å². The lowest BCUT2D eigenvalue weighted by atomic mass is 10.3. The van der Waals surface area contributed by atoms with Crippen molar-refractivity contribution in [3.05, 3.63) is 24.3 Å². The molecule has 74 valence electrons. The highest BCUT2D eigenvalue weighted by molar-refractivity contribution is 14.0. The Kier molecular flexibility index (Phi) is 3.34. The van der Waals surface area contributed by atoms with Crippen LogP contribution in [0.15, 0.2) is 28.6 Å². The summed E-state index contributed by atoms with van der Waals surface area (Å²) < 4.78 is 5.35. The Morgan fingerprint density at radius 3 is 3.00 bits per heavy atom. The normalized spacial score (nSPS) is 14.9. The molecule has 0 fully saturated rings. The number of rotatable bonds is 0. The van der Waals surface area contributed by atoms with Crippen LogP contribution in [-0.4, -0.2) is 5.75 Å². The summed E-state index contributed by atoms with van der Waals surface area (Å²) in [5.41, 5.74) is 1.41. The van der Waals surface area contributed by atoms with Crippen LogP contribution in [0.1, 0.15) is 6.42 Å². The number of aryl methyl sites for hydroxylation is 1. The molecule has 0 spiro atoms. The van der Waals surface area contributed by atoms with Crippen LogP contribution in [0.5, 0.6) is 0 Å². The number of halogens is 1. The third-order valence-corrected chi connectivity index (χ3v) is 4.85. The molecular formula is C10H11INS2+. The SMILES string of the molecule is I.c1ccc2c(c1)sc1[n+]2CCCS1. The van der Waals surface area contributed by atoms with Crippen LogP contribution in [0, 0.1) is 0 Å². The lowest BCUT2D eigenvalue weighted by Gasteiger charge is -2.03. The van der Waals surface area contributed by atoms with Gasteiger partial charge < -0.3 is 0 Å². The van der Waals surface area contributed by atoms with E-state index in [1.54, 1.807) is 0 Å². The van der Waals surface area contributed by atoms with Gasteiger partial charge >= 0.3 is 0 Å². The molecule has 0 N–H and O–H groups in total. The van der Waals surface area contributed by atoms with Gasteiger partial charge in [-0.05, 0) is 17.8 Å². The fourth-order valence-electron chi connectivity index (χ4n) is 1.72. The predicted molar refractivity (Wildman–Crippen MR) is 72.8 cm³/mol. The van der Waals surface area contributed by atoms with E-state index in [0.717, 1.165) is 0 Å². The molecule has 0 saturated heterocycles. The topological polar surface area (TPSA) is 3.88 Å². The molecule has 1 nitrogen and oxygen atoms in total. The van der Waals surface area contributed by atoms with Gasteiger partial charge in [0.1, 0.15) is 4.70 Å². The quantitative estimate of drug-likeness (QED) is 0.527. The van der Waals surface area contributed by atoms with Crippen LogP contribution >= 0.6 is 47.1 Å². The van der Waals surface area contributed by atoms with Gasteiger partial charge in [-0.25, -0.2) is 0 Å². The van der Waals surface area contributed by atoms with Crippen molar-refractivity contribution in [2.45, 2.75) is 17.3 Å². The average molecular weight is 336 g/mol. The minimum Gasteiger partial charge on any atom is -0.176 e. The summed E-state index contributed by atoms with van der Waals surface area (Å²) in [7, 11) is 0. The number of thiazole rings is 1. The highest BCUT2D eigenvalue weighted by Gasteiger charge is 2.23. The van der Waals surface area contributed by atoms with Gasteiger partial charge in [0.25, 0.3) is 4.34 Å². The van der Waals surface area contributed by atoms with Gasteiger partial charge in [-0.15, -0.1) is 24.0 Å². The first-order chi connectivity index (χ1) is 6.45. The van der Waals surface area contributed by atoms with Crippen molar-refractivity contribution < 1.29 is 4.57 Å². The van der Waals surface area contributed by atoms with Crippen LogP contribution < -0.4 is 4.57 Å². The number of hydrogen-bond acceptors (Lipinski definition) is 2. The largest absolute Gasteiger partial charge is 0.298 e. The first-order valence-electron chi connectivity index (χ1n) is 4.49. The molecular weight excluding hydrogens is 325 g/mol. The number of hydrogen-bond donors (Lipinski definition) is 0. The first kappa shape index (κ1) is 10.7. The van der Waals surface area contributed by atoms with Gasteiger partial charge in [-0.1, -0.05) is 23.5 Å². The molecule has 0 radical (unpaired) electrons. The Hall–Kier alpha value is 0.190. The van der Waals surface area contributed by atoms with E-state index in [2.05, 4.69) is 28.8 Å². The first-order valence-corrected chi connectivity index (χ1v) is 6.29. The summed E-state index contributed by atoms with van der Waals surface area (Å²) in [6.45, 7) is 1.20. The Balaban J connectivity index is 0.000000750. The molecule has 0 aliphatic carbocycles. The number of aromatic nitrogens is 1. The zero-order valence-electron chi connectivity index (χ0n) is 7.60. The molecule has 0 saturated carbocycles. The van der Waals surface area contributed by atoms with E-state index in [-0.39, 0.29) is 24.0 Å². The zero-order valence-corrected chi connectivity index (χ0v) is 11.6. The number of thioether (sulfide) groups is 1. The Labute approximate surface area is 109 Å². The van der Waals surface area contributed by atoms with Crippen molar-refractivity contribution in [1.29, 1.82) is 0 Å². The van der Waals surface area contributed by atoms with Crippen LogP contribution in [-0.2, 0) is 6.54 Å². The molecule has 3 rings (SSSR count). The van der Waals surface area contributed by atoms with Crippen LogP contribution in [0.3, 0.4) is 0 Å². The number of nitrogens with zero attached hydrogens (tertiary/aromatic N) is 1. The van der Waals surface area contributed by atoms with Crippen LogP contribution in [0.2, 0.25) is 0 Å². The second kappa shape index (κ2) is 4.37. The van der Waals surface area contributed by atoms with E-state index in [1.165, 1.54) is 33.3 Å². The highest BCUT2D eigenvalue weighted by atomic mass is 127. The summed E-state index contributed by atoms with van der Waals surface area (Å²) in [5, 5.41) is 0. The van der Waals surface area contributed by atoms with Gasteiger partial charge in [0, 0.05) is 18.2 Å². The smallest absolute Gasteiger partial charge is 0.176 e. The van der Waals surface area contributed by atoms with Crippen molar-refractivity contribution in [1.82, 2.24) is 0 Å². The molecule has 1 aliphatic rings. The van der Waals surface area contributed by atoms with Gasteiger partial charge in [-0.2, -0.15) is 4.57 Å².